The molecule has 16 heavy (non-hydrogen) atoms. The van der Waals surface area contributed by atoms with Crippen LogP contribution in [0.5, 0.6) is 5.75 Å². The van der Waals surface area contributed by atoms with Crippen LogP contribution in [0.4, 0.5) is 10.1 Å². The maximum Gasteiger partial charge on any atom is 0.165 e. The molecule has 1 fully saturated rings. The van der Waals surface area contributed by atoms with Gasteiger partial charge in [-0.05, 0) is 12.1 Å². The quantitative estimate of drug-likeness (QED) is 0.852. The summed E-state index contributed by atoms with van der Waals surface area (Å²) in [4.78, 5) is 0. The van der Waals surface area contributed by atoms with E-state index in [2.05, 4.69) is 12.2 Å². The molecule has 1 aromatic rings. The van der Waals surface area contributed by atoms with Crippen molar-refractivity contribution in [2.45, 2.75) is 6.92 Å². The molecular weight excluding hydrogens is 209 g/mol. The zero-order chi connectivity index (χ0) is 11.6. The van der Waals surface area contributed by atoms with Crippen LogP contribution in [0.25, 0.3) is 0 Å². The molecule has 88 valence electrons. The van der Waals surface area contributed by atoms with Crippen molar-refractivity contribution in [2.75, 3.05) is 32.2 Å². The van der Waals surface area contributed by atoms with E-state index in [0.29, 0.717) is 0 Å². The molecule has 0 aliphatic carbocycles. The molecule has 1 heterocycles. The summed E-state index contributed by atoms with van der Waals surface area (Å²) in [6.07, 6.45) is 0. The van der Waals surface area contributed by atoms with Crippen LogP contribution in [0.3, 0.4) is 0 Å². The summed E-state index contributed by atoms with van der Waals surface area (Å²) in [6, 6.07) is 4.78. The third-order valence-electron chi connectivity index (χ3n) is 2.77. The van der Waals surface area contributed by atoms with Crippen molar-refractivity contribution < 1.29 is 13.9 Å². The summed E-state index contributed by atoms with van der Waals surface area (Å²) in [7, 11) is 1.46. The van der Waals surface area contributed by atoms with Crippen molar-refractivity contribution in [1.29, 1.82) is 0 Å². The summed E-state index contributed by atoms with van der Waals surface area (Å²) in [5.41, 5.74) is 1.06. The number of hydrogen-bond donors (Lipinski definition) is 1. The van der Waals surface area contributed by atoms with Gasteiger partial charge in [0.25, 0.3) is 0 Å². The molecule has 0 aromatic heterocycles. The minimum atomic E-state index is -0.341. The van der Waals surface area contributed by atoms with Crippen molar-refractivity contribution in [2.24, 2.45) is 5.41 Å². The predicted molar refractivity (Wildman–Crippen MR) is 60.4 cm³/mol. The Labute approximate surface area is 94.6 Å². The normalized spacial score (nSPS) is 17.7. The van der Waals surface area contributed by atoms with E-state index in [1.807, 2.05) is 0 Å². The van der Waals surface area contributed by atoms with Crippen LogP contribution in [0.15, 0.2) is 18.2 Å². The number of methoxy groups -OCH3 is 1. The molecule has 0 radical (unpaired) electrons. The maximum absolute atomic E-state index is 13.1. The lowest BCUT2D eigenvalue weighted by Gasteiger charge is -2.38. The topological polar surface area (TPSA) is 30.5 Å². The van der Waals surface area contributed by atoms with E-state index < -0.39 is 0 Å². The third kappa shape index (κ3) is 2.27. The Balaban J connectivity index is 1.98. The molecule has 0 unspecified atom stereocenters. The van der Waals surface area contributed by atoms with E-state index >= 15 is 0 Å². The van der Waals surface area contributed by atoms with Gasteiger partial charge in [-0.1, -0.05) is 6.92 Å². The predicted octanol–water partition coefficient (Wildman–Crippen LogP) is 2.28. The largest absolute Gasteiger partial charge is 0.494 e. The fourth-order valence-corrected chi connectivity index (χ4v) is 1.64. The molecule has 0 atom stereocenters. The van der Waals surface area contributed by atoms with Crippen molar-refractivity contribution >= 4 is 5.69 Å². The van der Waals surface area contributed by atoms with Crippen LogP contribution >= 0.6 is 0 Å². The van der Waals surface area contributed by atoms with Crippen LogP contribution < -0.4 is 10.1 Å². The fourth-order valence-electron chi connectivity index (χ4n) is 1.64. The summed E-state index contributed by atoms with van der Waals surface area (Å²) in [6.45, 7) is 4.53. The number of anilines is 1. The summed E-state index contributed by atoms with van der Waals surface area (Å²) in [5.74, 6) is -0.0775. The van der Waals surface area contributed by atoms with Gasteiger partial charge in [0.2, 0.25) is 0 Å². The number of halogens is 1. The van der Waals surface area contributed by atoms with Gasteiger partial charge in [0, 0.05) is 23.7 Å². The second kappa shape index (κ2) is 4.29. The first-order chi connectivity index (χ1) is 7.63. The van der Waals surface area contributed by atoms with Gasteiger partial charge in [-0.2, -0.15) is 0 Å². The molecule has 1 aliphatic heterocycles. The van der Waals surface area contributed by atoms with E-state index in [4.69, 9.17) is 9.47 Å². The highest BCUT2D eigenvalue weighted by atomic mass is 19.1. The van der Waals surface area contributed by atoms with Crippen molar-refractivity contribution in [3.05, 3.63) is 24.0 Å². The van der Waals surface area contributed by atoms with E-state index in [0.717, 1.165) is 25.4 Å². The lowest BCUT2D eigenvalue weighted by molar-refractivity contribution is -0.0924. The van der Waals surface area contributed by atoms with E-state index in [1.165, 1.54) is 13.2 Å². The second-order valence-electron chi connectivity index (χ2n) is 4.51. The Bertz CT molecular complexity index is 377. The summed E-state index contributed by atoms with van der Waals surface area (Å²) >= 11 is 0. The van der Waals surface area contributed by atoms with Gasteiger partial charge in [0.15, 0.2) is 11.6 Å². The number of hydrogen-bond acceptors (Lipinski definition) is 3. The Morgan fingerprint density at radius 3 is 2.81 bits per heavy atom. The molecular formula is C12H16FNO2. The molecule has 1 saturated heterocycles. The van der Waals surface area contributed by atoms with Crippen molar-refractivity contribution in [3.63, 3.8) is 0 Å². The Hall–Kier alpha value is -1.29. The van der Waals surface area contributed by atoms with Gasteiger partial charge in [-0.25, -0.2) is 4.39 Å². The van der Waals surface area contributed by atoms with Crippen molar-refractivity contribution in [3.8, 4) is 5.75 Å². The zero-order valence-corrected chi connectivity index (χ0v) is 9.55. The minimum Gasteiger partial charge on any atom is -0.494 e. The molecule has 3 nitrogen and oxygen atoms in total. The highest BCUT2D eigenvalue weighted by molar-refractivity contribution is 5.49. The molecule has 0 amide bonds. The standard InChI is InChI=1S/C12H16FNO2/c1-12(7-16-8-12)6-14-9-3-4-10(13)11(5-9)15-2/h3-5,14H,6-8H2,1-2H3. The van der Waals surface area contributed by atoms with Crippen LogP contribution in [0.1, 0.15) is 6.92 Å². The third-order valence-corrected chi connectivity index (χ3v) is 2.77. The van der Waals surface area contributed by atoms with Crippen LogP contribution in [-0.2, 0) is 4.74 Å². The number of benzene rings is 1. The molecule has 0 saturated carbocycles. The first kappa shape index (κ1) is 11.2. The Morgan fingerprint density at radius 1 is 1.50 bits per heavy atom. The zero-order valence-electron chi connectivity index (χ0n) is 9.55. The average molecular weight is 225 g/mol. The highest BCUT2D eigenvalue weighted by Gasteiger charge is 2.32. The number of ether oxygens (including phenoxy) is 2. The molecule has 4 heteroatoms. The summed E-state index contributed by atoms with van der Waals surface area (Å²) < 4.78 is 23.2. The number of rotatable bonds is 4. The minimum absolute atomic E-state index is 0.196. The fraction of sp³-hybridized carbons (Fsp3) is 0.500. The van der Waals surface area contributed by atoms with Gasteiger partial charge < -0.3 is 14.8 Å². The number of nitrogens with one attached hydrogen (secondary N) is 1. The van der Waals surface area contributed by atoms with E-state index in [-0.39, 0.29) is 17.0 Å². The first-order valence-corrected chi connectivity index (χ1v) is 5.28. The van der Waals surface area contributed by atoms with Gasteiger partial charge in [-0.15, -0.1) is 0 Å². The van der Waals surface area contributed by atoms with Gasteiger partial charge in [-0.3, -0.25) is 0 Å². The molecule has 2 rings (SSSR count). The van der Waals surface area contributed by atoms with Crippen LogP contribution in [0.2, 0.25) is 0 Å². The Morgan fingerprint density at radius 2 is 2.25 bits per heavy atom. The monoisotopic (exact) mass is 225 g/mol. The highest BCUT2D eigenvalue weighted by Crippen LogP contribution is 2.28. The average Bonchev–Trinajstić information content (AvgIpc) is 2.25. The van der Waals surface area contributed by atoms with E-state index in [9.17, 15) is 4.39 Å². The molecule has 1 N–H and O–H groups in total. The molecule has 1 aromatic carbocycles. The second-order valence-corrected chi connectivity index (χ2v) is 4.51. The van der Waals surface area contributed by atoms with Crippen LogP contribution in [-0.4, -0.2) is 26.9 Å². The first-order valence-electron chi connectivity index (χ1n) is 5.28. The molecule has 1 aliphatic rings. The van der Waals surface area contributed by atoms with Crippen molar-refractivity contribution in [1.82, 2.24) is 0 Å². The molecule has 0 spiro atoms. The lowest BCUT2D eigenvalue weighted by atomic mass is 9.89. The van der Waals surface area contributed by atoms with Gasteiger partial charge >= 0.3 is 0 Å². The SMILES string of the molecule is COc1cc(NCC2(C)COC2)ccc1F. The van der Waals surface area contributed by atoms with E-state index in [1.54, 1.807) is 12.1 Å². The van der Waals surface area contributed by atoms with Crippen LogP contribution in [0, 0.1) is 11.2 Å². The smallest absolute Gasteiger partial charge is 0.165 e. The summed E-state index contributed by atoms with van der Waals surface area (Å²) in [5, 5.41) is 3.26. The Kier molecular flexibility index (Phi) is 3.01. The van der Waals surface area contributed by atoms with Gasteiger partial charge in [0.05, 0.1) is 20.3 Å². The maximum atomic E-state index is 13.1. The van der Waals surface area contributed by atoms with Gasteiger partial charge in [0.1, 0.15) is 0 Å². The molecule has 0 bridgehead atoms. The lowest BCUT2D eigenvalue weighted by Crippen LogP contribution is -2.45.